The minimum Gasteiger partial charge on any atom is -0.494 e. The zero-order valence-electron chi connectivity index (χ0n) is 21.3. The third-order valence-electron chi connectivity index (χ3n) is 6.82. The van der Waals surface area contributed by atoms with Gasteiger partial charge in [0.2, 0.25) is 5.91 Å². The maximum atomic E-state index is 13.7. The van der Waals surface area contributed by atoms with Crippen LogP contribution in [0.1, 0.15) is 18.4 Å². The fraction of sp³-hybridized carbons (Fsp3) is 0.321. The molecule has 9 nitrogen and oxygen atoms in total. The lowest BCUT2D eigenvalue weighted by Gasteiger charge is -2.37. The summed E-state index contributed by atoms with van der Waals surface area (Å²) in [7, 11) is 1.50. The Kier molecular flexibility index (Phi) is 7.95. The van der Waals surface area contributed by atoms with E-state index in [9.17, 15) is 14.4 Å². The summed E-state index contributed by atoms with van der Waals surface area (Å²) in [5, 5.41) is 16.2. The highest BCUT2D eigenvalue weighted by Gasteiger charge is 2.39. The number of pyridine rings is 1. The number of anilines is 3. The number of methoxy groups -OCH3 is 1. The highest BCUT2D eigenvalue weighted by Crippen LogP contribution is 2.36. The molecule has 2 aliphatic heterocycles. The molecule has 0 atom stereocenters. The topological polar surface area (TPSA) is 109 Å². The SMILES string of the molecule is COc1cc2ncc(C#N)c(Nc3ccc(F)c(Cl)c3)c2cc1NC(=O)/C=C/CN1CCC2(CC1)OCCO2. The first-order chi connectivity index (χ1) is 18.9. The van der Waals surface area contributed by atoms with E-state index in [0.29, 0.717) is 53.5 Å². The van der Waals surface area contributed by atoms with Crippen LogP contribution in [-0.2, 0) is 14.3 Å². The van der Waals surface area contributed by atoms with E-state index in [2.05, 4.69) is 26.6 Å². The van der Waals surface area contributed by atoms with Gasteiger partial charge in [-0.1, -0.05) is 17.7 Å². The number of rotatable bonds is 7. The Morgan fingerprint density at radius 2 is 2.05 bits per heavy atom. The van der Waals surface area contributed by atoms with Crippen LogP contribution < -0.4 is 15.4 Å². The third-order valence-corrected chi connectivity index (χ3v) is 7.11. The largest absolute Gasteiger partial charge is 0.494 e. The summed E-state index contributed by atoms with van der Waals surface area (Å²) in [4.78, 5) is 19.4. The van der Waals surface area contributed by atoms with Gasteiger partial charge >= 0.3 is 0 Å². The number of carbonyl (C=O) groups excluding carboxylic acids is 1. The molecule has 2 fully saturated rings. The molecule has 202 valence electrons. The number of hydrogen-bond acceptors (Lipinski definition) is 8. The van der Waals surface area contributed by atoms with Crippen molar-refractivity contribution in [2.75, 3.05) is 50.6 Å². The molecule has 2 N–H and O–H groups in total. The van der Waals surface area contributed by atoms with Crippen LogP contribution in [0.4, 0.5) is 21.5 Å². The van der Waals surface area contributed by atoms with Crippen molar-refractivity contribution in [1.82, 2.24) is 9.88 Å². The Bertz CT molecular complexity index is 1460. The second kappa shape index (κ2) is 11.6. The van der Waals surface area contributed by atoms with Crippen molar-refractivity contribution in [1.29, 1.82) is 5.26 Å². The average Bonchev–Trinajstić information content (AvgIpc) is 3.39. The lowest BCUT2D eigenvalue weighted by Crippen LogP contribution is -2.45. The van der Waals surface area contributed by atoms with Crippen LogP contribution in [-0.4, -0.2) is 61.5 Å². The maximum Gasteiger partial charge on any atom is 0.248 e. The van der Waals surface area contributed by atoms with E-state index in [0.717, 1.165) is 25.9 Å². The molecule has 0 aliphatic carbocycles. The van der Waals surface area contributed by atoms with Crippen LogP contribution in [0.3, 0.4) is 0 Å². The molecule has 3 aromatic rings. The number of carbonyl (C=O) groups is 1. The number of nitrogens with one attached hydrogen (secondary N) is 2. The third kappa shape index (κ3) is 5.97. The maximum absolute atomic E-state index is 13.7. The quantitative estimate of drug-likeness (QED) is 0.396. The van der Waals surface area contributed by atoms with Gasteiger partial charge in [-0.05, 0) is 24.3 Å². The molecule has 39 heavy (non-hydrogen) atoms. The number of halogens is 2. The summed E-state index contributed by atoms with van der Waals surface area (Å²) in [5.41, 5.74) is 2.14. The number of nitrogens with zero attached hydrogens (tertiary/aromatic N) is 3. The Balaban J connectivity index is 1.33. The first-order valence-corrected chi connectivity index (χ1v) is 12.9. The molecule has 1 spiro atoms. The number of likely N-dealkylation sites (tertiary alicyclic amines) is 1. The molecular weight excluding hydrogens is 525 g/mol. The Morgan fingerprint density at radius 1 is 1.28 bits per heavy atom. The summed E-state index contributed by atoms with van der Waals surface area (Å²) in [5.74, 6) is -0.893. The molecule has 3 heterocycles. The number of fused-ring (bicyclic) bond motifs is 1. The molecule has 11 heteroatoms. The van der Waals surface area contributed by atoms with Crippen molar-refractivity contribution in [2.45, 2.75) is 18.6 Å². The lowest BCUT2D eigenvalue weighted by atomic mass is 10.0. The number of nitriles is 1. The number of hydrogen-bond donors (Lipinski definition) is 2. The van der Waals surface area contributed by atoms with Crippen molar-refractivity contribution in [3.63, 3.8) is 0 Å². The minimum atomic E-state index is -0.550. The van der Waals surface area contributed by atoms with Gasteiger partial charge in [-0.15, -0.1) is 0 Å². The van der Waals surface area contributed by atoms with Crippen molar-refractivity contribution in [2.24, 2.45) is 0 Å². The van der Waals surface area contributed by atoms with E-state index in [1.54, 1.807) is 12.1 Å². The molecule has 0 unspecified atom stereocenters. The second-order valence-corrected chi connectivity index (χ2v) is 9.69. The Labute approximate surface area is 230 Å². The smallest absolute Gasteiger partial charge is 0.248 e. The minimum absolute atomic E-state index is 0.0532. The Hall–Kier alpha value is -3.75. The highest BCUT2D eigenvalue weighted by molar-refractivity contribution is 6.31. The van der Waals surface area contributed by atoms with E-state index in [-0.39, 0.29) is 16.5 Å². The normalized spacial score (nSPS) is 17.0. The average molecular weight is 552 g/mol. The van der Waals surface area contributed by atoms with Crippen LogP contribution in [0.5, 0.6) is 5.75 Å². The molecular formula is C28H27ClFN5O4. The lowest BCUT2D eigenvalue weighted by molar-refractivity contribution is -0.184. The van der Waals surface area contributed by atoms with Crippen molar-refractivity contribution in [3.05, 3.63) is 65.1 Å². The molecule has 5 rings (SSSR count). The molecule has 0 radical (unpaired) electrons. The van der Waals surface area contributed by atoms with Gasteiger partial charge in [0.25, 0.3) is 0 Å². The Morgan fingerprint density at radius 3 is 2.74 bits per heavy atom. The van der Waals surface area contributed by atoms with Gasteiger partial charge in [0, 0.05) is 61.9 Å². The zero-order chi connectivity index (χ0) is 27.4. The molecule has 1 amide bonds. The van der Waals surface area contributed by atoms with E-state index < -0.39 is 11.6 Å². The van der Waals surface area contributed by atoms with Crippen molar-refractivity contribution < 1.29 is 23.4 Å². The zero-order valence-corrected chi connectivity index (χ0v) is 22.1. The first kappa shape index (κ1) is 26.8. The summed E-state index contributed by atoms with van der Waals surface area (Å²) >= 11 is 5.94. The number of amides is 1. The standard InChI is InChI=1S/C28H27ClFN5O4/c1-37-25-15-23-20(27(18(16-31)17-32-23)33-19-4-5-22(30)21(29)13-19)14-24(25)34-26(36)3-2-8-35-9-6-28(7-10-35)38-11-12-39-28/h2-5,13-15,17H,6-12H2,1H3,(H,32,33)(H,34,36)/b3-2+. The van der Waals surface area contributed by atoms with Crippen molar-refractivity contribution in [3.8, 4) is 11.8 Å². The van der Waals surface area contributed by atoms with Crippen LogP contribution >= 0.6 is 11.6 Å². The fourth-order valence-electron chi connectivity index (χ4n) is 4.77. The second-order valence-electron chi connectivity index (χ2n) is 9.28. The van der Waals surface area contributed by atoms with Crippen LogP contribution in [0, 0.1) is 17.1 Å². The molecule has 2 aromatic carbocycles. The number of benzene rings is 2. The summed E-state index contributed by atoms with van der Waals surface area (Å²) in [6, 6.07) is 9.66. The van der Waals surface area contributed by atoms with E-state index in [1.807, 2.05) is 6.08 Å². The van der Waals surface area contributed by atoms with Gasteiger partial charge in [-0.25, -0.2) is 4.39 Å². The predicted molar refractivity (Wildman–Crippen MR) is 146 cm³/mol. The van der Waals surface area contributed by atoms with E-state index in [1.165, 1.54) is 37.6 Å². The van der Waals surface area contributed by atoms with Crippen LogP contribution in [0.2, 0.25) is 5.02 Å². The van der Waals surface area contributed by atoms with Gasteiger partial charge in [-0.3, -0.25) is 14.7 Å². The fourth-order valence-corrected chi connectivity index (χ4v) is 4.95. The van der Waals surface area contributed by atoms with Crippen LogP contribution in [0.15, 0.2) is 48.7 Å². The number of piperidine rings is 1. The number of ether oxygens (including phenoxy) is 3. The highest BCUT2D eigenvalue weighted by atomic mass is 35.5. The number of aromatic nitrogens is 1. The molecule has 1 aromatic heterocycles. The van der Waals surface area contributed by atoms with Crippen LogP contribution in [0.25, 0.3) is 10.9 Å². The summed E-state index contributed by atoms with van der Waals surface area (Å²) in [6.45, 7) is 3.57. The predicted octanol–water partition coefficient (Wildman–Crippen LogP) is 4.98. The van der Waals surface area contributed by atoms with E-state index >= 15 is 0 Å². The monoisotopic (exact) mass is 551 g/mol. The summed E-state index contributed by atoms with van der Waals surface area (Å²) < 4.78 is 30.7. The molecule has 2 saturated heterocycles. The van der Waals surface area contributed by atoms with Gasteiger partial charge < -0.3 is 24.8 Å². The van der Waals surface area contributed by atoms with Gasteiger partial charge in [0.1, 0.15) is 17.6 Å². The first-order valence-electron chi connectivity index (χ1n) is 12.5. The van der Waals surface area contributed by atoms with E-state index in [4.69, 9.17) is 25.8 Å². The molecule has 2 aliphatic rings. The summed E-state index contributed by atoms with van der Waals surface area (Å²) in [6.07, 6.45) is 6.35. The van der Waals surface area contributed by atoms with Crippen molar-refractivity contribution >= 4 is 45.5 Å². The van der Waals surface area contributed by atoms with Gasteiger partial charge in [0.15, 0.2) is 5.79 Å². The van der Waals surface area contributed by atoms with Gasteiger partial charge in [0.05, 0.1) is 47.8 Å². The van der Waals surface area contributed by atoms with Gasteiger partial charge in [-0.2, -0.15) is 5.26 Å². The molecule has 0 saturated carbocycles. The molecule has 0 bridgehead atoms.